The highest BCUT2D eigenvalue weighted by molar-refractivity contribution is 5.73. The molecule has 0 aliphatic heterocycles. The monoisotopic (exact) mass is 387 g/mol. The second-order valence-electron chi connectivity index (χ2n) is 6.53. The van der Waals surface area contributed by atoms with Crippen LogP contribution in [-0.4, -0.2) is 20.3 Å². The summed E-state index contributed by atoms with van der Waals surface area (Å²) in [5, 5.41) is 17.5. The lowest BCUT2D eigenvalue weighted by atomic mass is 10.1. The van der Waals surface area contributed by atoms with Crippen molar-refractivity contribution < 1.29 is 14.6 Å². The molecule has 0 saturated carbocycles. The van der Waals surface area contributed by atoms with Crippen LogP contribution in [0.25, 0.3) is 11.3 Å². The molecule has 2 aromatic heterocycles. The van der Waals surface area contributed by atoms with Crippen molar-refractivity contribution in [3.63, 3.8) is 0 Å². The van der Waals surface area contributed by atoms with Crippen molar-refractivity contribution in [3.05, 3.63) is 84.3 Å². The molecule has 0 bridgehead atoms. The second-order valence-corrected chi connectivity index (χ2v) is 6.53. The molecule has 29 heavy (non-hydrogen) atoms. The van der Waals surface area contributed by atoms with Crippen LogP contribution in [0.3, 0.4) is 0 Å². The van der Waals surface area contributed by atoms with Gasteiger partial charge in [-0.1, -0.05) is 19.1 Å². The number of rotatable bonds is 7. The summed E-state index contributed by atoms with van der Waals surface area (Å²) < 4.78 is 11.7. The molecule has 4 aromatic rings. The minimum absolute atomic E-state index is 0.0765. The number of aromatic amines is 1. The van der Waals surface area contributed by atoms with E-state index in [9.17, 15) is 5.11 Å². The van der Waals surface area contributed by atoms with E-state index in [1.807, 2.05) is 36.4 Å². The lowest BCUT2D eigenvalue weighted by Crippen LogP contribution is -1.95. The van der Waals surface area contributed by atoms with Gasteiger partial charge >= 0.3 is 0 Å². The first kappa shape index (κ1) is 18.6. The molecule has 0 atom stereocenters. The van der Waals surface area contributed by atoms with E-state index in [0.717, 1.165) is 12.0 Å². The molecule has 0 spiro atoms. The van der Waals surface area contributed by atoms with E-state index < -0.39 is 0 Å². The Morgan fingerprint density at radius 2 is 1.69 bits per heavy atom. The van der Waals surface area contributed by atoms with Gasteiger partial charge in [0.1, 0.15) is 29.5 Å². The topological polar surface area (TPSA) is 80.3 Å². The SMILES string of the molecule is CCc1ccc(Oc2cn[nH]c2-c2ccc(OCc3ccncc3)cc2O)cc1. The smallest absolute Gasteiger partial charge is 0.173 e. The van der Waals surface area contributed by atoms with Crippen LogP contribution in [0.4, 0.5) is 0 Å². The summed E-state index contributed by atoms with van der Waals surface area (Å²) >= 11 is 0. The van der Waals surface area contributed by atoms with Crippen molar-refractivity contribution in [2.24, 2.45) is 0 Å². The molecule has 2 aromatic carbocycles. The average Bonchev–Trinajstić information content (AvgIpc) is 3.21. The van der Waals surface area contributed by atoms with Gasteiger partial charge in [0.15, 0.2) is 5.75 Å². The number of hydrogen-bond acceptors (Lipinski definition) is 5. The molecule has 0 unspecified atom stereocenters. The number of aromatic nitrogens is 3. The minimum Gasteiger partial charge on any atom is -0.507 e. The number of aromatic hydroxyl groups is 1. The number of benzene rings is 2. The molecule has 6 heteroatoms. The van der Waals surface area contributed by atoms with Crippen LogP contribution in [0.1, 0.15) is 18.1 Å². The number of nitrogens with zero attached hydrogens (tertiary/aromatic N) is 2. The van der Waals surface area contributed by atoms with E-state index in [0.29, 0.717) is 35.1 Å². The fourth-order valence-electron chi connectivity index (χ4n) is 2.92. The molecule has 146 valence electrons. The standard InChI is InChI=1S/C23H21N3O3/c1-2-16-3-5-18(6-4-16)29-22-14-25-26-23(22)20-8-7-19(13-21(20)27)28-15-17-9-11-24-12-10-17/h3-14,27H,2,15H2,1H3,(H,25,26). The Morgan fingerprint density at radius 3 is 2.41 bits per heavy atom. The zero-order valence-electron chi connectivity index (χ0n) is 16.0. The van der Waals surface area contributed by atoms with Crippen LogP contribution in [0.15, 0.2) is 73.2 Å². The number of pyridine rings is 1. The van der Waals surface area contributed by atoms with Crippen LogP contribution in [0, 0.1) is 0 Å². The Morgan fingerprint density at radius 1 is 0.931 bits per heavy atom. The van der Waals surface area contributed by atoms with Gasteiger partial charge in [0.25, 0.3) is 0 Å². The highest BCUT2D eigenvalue weighted by Crippen LogP contribution is 2.38. The Bertz CT molecular complexity index is 1080. The molecule has 2 N–H and O–H groups in total. The molecule has 0 saturated heterocycles. The van der Waals surface area contributed by atoms with Crippen molar-refractivity contribution in [1.29, 1.82) is 0 Å². The van der Waals surface area contributed by atoms with E-state index >= 15 is 0 Å². The number of ether oxygens (including phenoxy) is 2. The molecule has 0 amide bonds. The lowest BCUT2D eigenvalue weighted by Gasteiger charge is -2.10. The third-order valence-corrected chi connectivity index (χ3v) is 4.56. The van der Waals surface area contributed by atoms with Gasteiger partial charge in [0.05, 0.1) is 6.20 Å². The predicted molar refractivity (Wildman–Crippen MR) is 110 cm³/mol. The average molecular weight is 387 g/mol. The van der Waals surface area contributed by atoms with Crippen molar-refractivity contribution in [2.45, 2.75) is 20.0 Å². The van der Waals surface area contributed by atoms with Gasteiger partial charge in [0.2, 0.25) is 0 Å². The Kier molecular flexibility index (Phi) is 5.42. The van der Waals surface area contributed by atoms with Gasteiger partial charge in [-0.05, 0) is 53.9 Å². The third kappa shape index (κ3) is 4.38. The van der Waals surface area contributed by atoms with E-state index in [1.54, 1.807) is 36.8 Å². The maximum Gasteiger partial charge on any atom is 0.173 e. The second kappa shape index (κ2) is 8.48. The quantitative estimate of drug-likeness (QED) is 0.460. The number of nitrogens with one attached hydrogen (secondary N) is 1. The minimum atomic E-state index is 0.0765. The van der Waals surface area contributed by atoms with Crippen LogP contribution in [0.2, 0.25) is 0 Å². The van der Waals surface area contributed by atoms with Gasteiger partial charge in [-0.3, -0.25) is 10.1 Å². The maximum atomic E-state index is 10.5. The van der Waals surface area contributed by atoms with Crippen molar-refractivity contribution in [1.82, 2.24) is 15.2 Å². The van der Waals surface area contributed by atoms with E-state index in [-0.39, 0.29) is 5.75 Å². The molecule has 0 aliphatic carbocycles. The molecule has 0 fully saturated rings. The number of phenolic OH excluding ortho intramolecular Hbond substituents is 1. The van der Waals surface area contributed by atoms with Crippen molar-refractivity contribution in [2.75, 3.05) is 0 Å². The summed E-state index contributed by atoms with van der Waals surface area (Å²) in [5.41, 5.74) is 3.42. The highest BCUT2D eigenvalue weighted by atomic mass is 16.5. The normalized spacial score (nSPS) is 10.7. The highest BCUT2D eigenvalue weighted by Gasteiger charge is 2.15. The van der Waals surface area contributed by atoms with Gasteiger partial charge < -0.3 is 14.6 Å². The van der Waals surface area contributed by atoms with Crippen molar-refractivity contribution >= 4 is 0 Å². The molecule has 0 aliphatic rings. The van der Waals surface area contributed by atoms with Crippen molar-refractivity contribution in [3.8, 4) is 34.3 Å². The van der Waals surface area contributed by atoms with Crippen LogP contribution in [0.5, 0.6) is 23.0 Å². The molecule has 4 rings (SSSR count). The van der Waals surface area contributed by atoms with E-state index in [1.165, 1.54) is 5.56 Å². The summed E-state index contributed by atoms with van der Waals surface area (Å²) in [5.74, 6) is 1.89. The van der Waals surface area contributed by atoms with Crippen LogP contribution in [-0.2, 0) is 13.0 Å². The molecule has 0 radical (unpaired) electrons. The summed E-state index contributed by atoms with van der Waals surface area (Å²) in [4.78, 5) is 3.98. The summed E-state index contributed by atoms with van der Waals surface area (Å²) in [6.07, 6.45) is 6.00. The Balaban J connectivity index is 1.50. The zero-order chi connectivity index (χ0) is 20.1. The van der Waals surface area contributed by atoms with Gasteiger partial charge in [-0.15, -0.1) is 0 Å². The van der Waals surface area contributed by atoms with Gasteiger partial charge in [-0.2, -0.15) is 5.10 Å². The molecular weight excluding hydrogens is 366 g/mol. The number of H-pyrrole nitrogens is 1. The van der Waals surface area contributed by atoms with Crippen LogP contribution < -0.4 is 9.47 Å². The first-order chi connectivity index (χ1) is 14.2. The fourth-order valence-corrected chi connectivity index (χ4v) is 2.92. The molecule has 2 heterocycles. The lowest BCUT2D eigenvalue weighted by molar-refractivity contribution is 0.304. The summed E-state index contributed by atoms with van der Waals surface area (Å²) in [7, 11) is 0. The molecule has 6 nitrogen and oxygen atoms in total. The largest absolute Gasteiger partial charge is 0.507 e. The summed E-state index contributed by atoms with van der Waals surface area (Å²) in [6.45, 7) is 2.50. The molecular formula is C23H21N3O3. The maximum absolute atomic E-state index is 10.5. The third-order valence-electron chi connectivity index (χ3n) is 4.56. The Labute approximate surface area is 168 Å². The number of aryl methyl sites for hydroxylation is 1. The Hall–Kier alpha value is -3.80. The summed E-state index contributed by atoms with van der Waals surface area (Å²) in [6, 6.07) is 16.8. The van der Waals surface area contributed by atoms with E-state index in [2.05, 4.69) is 22.1 Å². The predicted octanol–water partition coefficient (Wildman–Crippen LogP) is 5.11. The number of hydrogen-bond donors (Lipinski definition) is 2. The number of phenols is 1. The first-order valence-corrected chi connectivity index (χ1v) is 9.38. The fraction of sp³-hybridized carbons (Fsp3) is 0.130. The first-order valence-electron chi connectivity index (χ1n) is 9.38. The van der Waals surface area contributed by atoms with E-state index in [4.69, 9.17) is 9.47 Å². The zero-order valence-corrected chi connectivity index (χ0v) is 16.0. The van der Waals surface area contributed by atoms with Gasteiger partial charge in [-0.25, -0.2) is 0 Å². The van der Waals surface area contributed by atoms with Gasteiger partial charge in [0, 0.05) is 24.0 Å². The van der Waals surface area contributed by atoms with Crippen LogP contribution >= 0.6 is 0 Å².